The fraction of sp³-hybridized carbons (Fsp3) is 0.556. The molecule has 2 N–H and O–H groups in total. The molecule has 0 spiro atoms. The number of hydrazine groups is 1. The van der Waals surface area contributed by atoms with E-state index in [1.54, 1.807) is 0 Å². The number of nitrogens with one attached hydrogen (secondary N) is 2. The van der Waals surface area contributed by atoms with Crippen LogP contribution in [0.3, 0.4) is 0 Å². The zero-order chi connectivity index (χ0) is 10.2. The minimum atomic E-state index is 0.154. The maximum atomic E-state index is 5.40. The van der Waals surface area contributed by atoms with Crippen molar-refractivity contribution in [3.63, 3.8) is 0 Å². The predicted molar refractivity (Wildman–Crippen MR) is 56.0 cm³/mol. The molecule has 4 nitrogen and oxygen atoms in total. The molecule has 0 amide bonds. The summed E-state index contributed by atoms with van der Waals surface area (Å²) in [5.74, 6) is 0.736. The second kappa shape index (κ2) is 3.37. The van der Waals surface area contributed by atoms with Crippen LogP contribution in [0, 0.1) is 0 Å². The molecule has 1 aliphatic carbocycles. The molecule has 0 bridgehead atoms. The van der Waals surface area contributed by atoms with Gasteiger partial charge in [0.25, 0.3) is 0 Å². The van der Waals surface area contributed by atoms with Gasteiger partial charge in [0.05, 0.1) is 6.20 Å². The van der Waals surface area contributed by atoms with Crippen molar-refractivity contribution >= 4 is 17.6 Å². The van der Waals surface area contributed by atoms with E-state index in [-0.39, 0.29) is 5.41 Å². The van der Waals surface area contributed by atoms with Gasteiger partial charge >= 0.3 is 0 Å². The van der Waals surface area contributed by atoms with Gasteiger partial charge in [-0.2, -0.15) is 5.10 Å². The first kappa shape index (κ1) is 9.68. The fourth-order valence-corrected chi connectivity index (χ4v) is 2.16. The minimum Gasteiger partial charge on any atom is -0.290 e. The van der Waals surface area contributed by atoms with Gasteiger partial charge in [0.2, 0.25) is 0 Å². The number of hydrogen-bond donors (Lipinski definition) is 2. The average Bonchev–Trinajstić information content (AvgIpc) is 2.44. The molecule has 2 rings (SSSR count). The molecule has 5 heteroatoms. The summed E-state index contributed by atoms with van der Waals surface area (Å²) in [5.41, 5.74) is 5.45. The molecule has 0 atom stereocenters. The van der Waals surface area contributed by atoms with E-state index in [1.807, 2.05) is 6.20 Å². The number of fused-ring (bicyclic) bond motifs is 1. The van der Waals surface area contributed by atoms with Crippen molar-refractivity contribution in [1.29, 1.82) is 0 Å². The minimum absolute atomic E-state index is 0.154. The molecular weight excluding hydrogens is 200 g/mol. The number of aryl methyl sites for hydroxylation is 1. The summed E-state index contributed by atoms with van der Waals surface area (Å²) in [5, 5.41) is 7.96. The summed E-state index contributed by atoms with van der Waals surface area (Å²) in [6, 6.07) is 0. The number of halogens is 1. The monoisotopic (exact) mass is 212 g/mol. The number of anilines is 1. The van der Waals surface area contributed by atoms with Gasteiger partial charge in [-0.1, -0.05) is 13.8 Å². The van der Waals surface area contributed by atoms with Crippen molar-refractivity contribution in [1.82, 2.24) is 15.1 Å². The largest absolute Gasteiger partial charge is 0.290 e. The van der Waals surface area contributed by atoms with Gasteiger partial charge in [0, 0.05) is 5.56 Å². The third kappa shape index (κ3) is 1.44. The molecule has 0 fully saturated rings. The lowest BCUT2D eigenvalue weighted by atomic mass is 9.87. The highest BCUT2D eigenvalue weighted by Crippen LogP contribution is 2.40. The van der Waals surface area contributed by atoms with Crippen LogP contribution in [0.5, 0.6) is 0 Å². The second-order valence-electron chi connectivity index (χ2n) is 4.20. The van der Waals surface area contributed by atoms with Crippen molar-refractivity contribution < 1.29 is 0 Å². The molecule has 1 aromatic rings. The van der Waals surface area contributed by atoms with Gasteiger partial charge in [-0.15, -0.1) is 10.0 Å². The summed E-state index contributed by atoms with van der Waals surface area (Å²) in [6.45, 7) is 4.42. The molecule has 1 aliphatic rings. The highest BCUT2D eigenvalue weighted by atomic mass is 35.5. The third-order valence-electron chi connectivity index (χ3n) is 2.79. The van der Waals surface area contributed by atoms with Crippen LogP contribution in [-0.4, -0.2) is 10.2 Å². The molecule has 0 radical (unpaired) electrons. The summed E-state index contributed by atoms with van der Waals surface area (Å²) < 4.78 is 0. The Hall–Kier alpha value is -0.870. The SMILES string of the molecule is CC1(C)CCc2cnnc(NNCl)c21. The smallest absolute Gasteiger partial charge is 0.167 e. The van der Waals surface area contributed by atoms with Crippen LogP contribution >= 0.6 is 11.8 Å². The van der Waals surface area contributed by atoms with Gasteiger partial charge in [-0.05, 0) is 35.6 Å². The van der Waals surface area contributed by atoms with Crippen molar-refractivity contribution in [2.24, 2.45) is 0 Å². The Kier molecular flexibility index (Phi) is 2.33. The lowest BCUT2D eigenvalue weighted by molar-refractivity contribution is 0.522. The zero-order valence-electron chi connectivity index (χ0n) is 8.26. The van der Waals surface area contributed by atoms with E-state index in [0.717, 1.165) is 18.7 Å². The zero-order valence-corrected chi connectivity index (χ0v) is 9.02. The maximum absolute atomic E-state index is 5.40. The lowest BCUT2D eigenvalue weighted by Crippen LogP contribution is -2.19. The van der Waals surface area contributed by atoms with Crippen LogP contribution in [0.15, 0.2) is 6.20 Å². The summed E-state index contributed by atoms with van der Waals surface area (Å²) in [6.07, 6.45) is 4.03. The quantitative estimate of drug-likeness (QED) is 0.580. The highest BCUT2D eigenvalue weighted by Gasteiger charge is 2.33. The van der Waals surface area contributed by atoms with Gasteiger partial charge in [-0.25, -0.2) is 0 Å². The number of nitrogens with zero attached hydrogens (tertiary/aromatic N) is 2. The molecule has 0 unspecified atom stereocenters. The Morgan fingerprint density at radius 1 is 1.50 bits per heavy atom. The predicted octanol–water partition coefficient (Wildman–Crippen LogP) is 1.77. The molecule has 1 aromatic heterocycles. The third-order valence-corrected chi connectivity index (χ3v) is 2.89. The molecule has 1 heterocycles. The van der Waals surface area contributed by atoms with Crippen LogP contribution in [0.4, 0.5) is 5.82 Å². The van der Waals surface area contributed by atoms with Crippen molar-refractivity contribution in [2.45, 2.75) is 32.1 Å². The van der Waals surface area contributed by atoms with Crippen molar-refractivity contribution in [3.05, 3.63) is 17.3 Å². The van der Waals surface area contributed by atoms with E-state index >= 15 is 0 Å². The standard InChI is InChI=1S/C9H13ClN4/c1-9(2)4-3-6-5-11-12-8(7(6)9)13-14-10/h5,14H,3-4H2,1-2H3,(H,12,13). The van der Waals surface area contributed by atoms with Gasteiger partial charge in [-0.3, -0.25) is 5.43 Å². The van der Waals surface area contributed by atoms with E-state index in [1.165, 1.54) is 11.1 Å². The highest BCUT2D eigenvalue weighted by molar-refractivity contribution is 6.13. The first-order chi connectivity index (χ1) is 6.65. The van der Waals surface area contributed by atoms with E-state index in [4.69, 9.17) is 11.8 Å². The Labute approximate surface area is 88.1 Å². The summed E-state index contributed by atoms with van der Waals surface area (Å²) >= 11 is 5.40. The molecule has 14 heavy (non-hydrogen) atoms. The molecule has 76 valence electrons. The second-order valence-corrected chi connectivity index (χ2v) is 4.39. The Morgan fingerprint density at radius 3 is 3.00 bits per heavy atom. The van der Waals surface area contributed by atoms with Crippen molar-refractivity contribution in [2.75, 3.05) is 5.43 Å². The number of hydrogen-bond acceptors (Lipinski definition) is 4. The van der Waals surface area contributed by atoms with Crippen molar-refractivity contribution in [3.8, 4) is 0 Å². The van der Waals surface area contributed by atoms with Crippen LogP contribution in [0.2, 0.25) is 0 Å². The maximum Gasteiger partial charge on any atom is 0.167 e. The van der Waals surface area contributed by atoms with E-state index in [2.05, 4.69) is 34.4 Å². The van der Waals surface area contributed by atoms with Crippen LogP contribution in [0.1, 0.15) is 31.4 Å². The Balaban J connectivity index is 2.49. The van der Waals surface area contributed by atoms with Gasteiger partial charge < -0.3 is 0 Å². The van der Waals surface area contributed by atoms with Gasteiger partial charge in [0.1, 0.15) is 0 Å². The molecule has 0 saturated heterocycles. The molecule has 0 saturated carbocycles. The number of rotatable bonds is 2. The van der Waals surface area contributed by atoms with E-state index in [0.29, 0.717) is 0 Å². The van der Waals surface area contributed by atoms with Crippen LogP contribution in [-0.2, 0) is 11.8 Å². The molecule has 0 aromatic carbocycles. The number of aromatic nitrogens is 2. The van der Waals surface area contributed by atoms with E-state index in [9.17, 15) is 0 Å². The topological polar surface area (TPSA) is 49.8 Å². The lowest BCUT2D eigenvalue weighted by Gasteiger charge is -2.20. The van der Waals surface area contributed by atoms with Gasteiger partial charge in [0.15, 0.2) is 5.82 Å². The first-order valence-corrected chi connectivity index (χ1v) is 4.99. The Morgan fingerprint density at radius 2 is 2.29 bits per heavy atom. The first-order valence-electron chi connectivity index (χ1n) is 4.62. The van der Waals surface area contributed by atoms with Crippen LogP contribution < -0.4 is 10.4 Å². The normalized spacial score (nSPS) is 17.9. The van der Waals surface area contributed by atoms with E-state index < -0.39 is 0 Å². The Bertz CT molecular complexity index is 351. The summed E-state index contributed by atoms with van der Waals surface area (Å²) in [4.78, 5) is 2.37. The summed E-state index contributed by atoms with van der Waals surface area (Å²) in [7, 11) is 0. The fourth-order valence-electron chi connectivity index (χ4n) is 2.07. The average molecular weight is 213 g/mol. The van der Waals surface area contributed by atoms with Crippen LogP contribution in [0.25, 0.3) is 0 Å². The molecule has 0 aliphatic heterocycles. The molecular formula is C9H13ClN4.